The van der Waals surface area contributed by atoms with Crippen molar-refractivity contribution >= 4 is 0 Å². The summed E-state index contributed by atoms with van der Waals surface area (Å²) in [4.78, 5) is 2.59. The zero-order valence-electron chi connectivity index (χ0n) is 10.9. The fraction of sp³-hybridized carbons (Fsp3) is 1.00. The van der Waals surface area contributed by atoms with Crippen LogP contribution in [-0.2, 0) is 4.74 Å². The first kappa shape index (κ1) is 12.3. The van der Waals surface area contributed by atoms with Crippen LogP contribution in [0.2, 0.25) is 0 Å². The van der Waals surface area contributed by atoms with E-state index in [1.54, 1.807) is 0 Å². The summed E-state index contributed by atoms with van der Waals surface area (Å²) in [6.45, 7) is 10.3. The fourth-order valence-electron chi connectivity index (χ4n) is 2.82. The van der Waals surface area contributed by atoms with Crippen LogP contribution in [0, 0.1) is 5.92 Å². The molecule has 2 aliphatic heterocycles. The van der Waals surface area contributed by atoms with Crippen molar-refractivity contribution in [1.29, 1.82) is 0 Å². The number of ether oxygens (including phenoxy) is 1. The number of hydrogen-bond donors (Lipinski definition) is 1. The molecule has 0 aromatic carbocycles. The quantitative estimate of drug-likeness (QED) is 0.794. The van der Waals surface area contributed by atoms with E-state index >= 15 is 0 Å². The number of nitrogens with one attached hydrogen (secondary N) is 1. The van der Waals surface area contributed by atoms with E-state index in [-0.39, 0.29) is 0 Å². The molecule has 0 aliphatic carbocycles. The lowest BCUT2D eigenvalue weighted by atomic mass is 9.92. The van der Waals surface area contributed by atoms with Crippen molar-refractivity contribution in [3.63, 3.8) is 0 Å². The van der Waals surface area contributed by atoms with Crippen molar-refractivity contribution in [1.82, 2.24) is 10.2 Å². The molecule has 3 nitrogen and oxygen atoms in total. The van der Waals surface area contributed by atoms with Gasteiger partial charge in [0.1, 0.15) is 6.23 Å². The summed E-state index contributed by atoms with van der Waals surface area (Å²) in [7, 11) is 0. The third-order valence-corrected chi connectivity index (χ3v) is 3.96. The lowest BCUT2D eigenvalue weighted by Gasteiger charge is -2.35. The van der Waals surface area contributed by atoms with Gasteiger partial charge in [0.05, 0.1) is 6.10 Å². The zero-order chi connectivity index (χ0) is 11.5. The lowest BCUT2D eigenvalue weighted by molar-refractivity contribution is 0.0252. The van der Waals surface area contributed by atoms with Gasteiger partial charge in [-0.2, -0.15) is 0 Å². The third-order valence-electron chi connectivity index (χ3n) is 3.96. The highest BCUT2D eigenvalue weighted by atomic mass is 16.5. The van der Waals surface area contributed by atoms with Gasteiger partial charge in [-0.25, -0.2) is 0 Å². The van der Waals surface area contributed by atoms with Crippen LogP contribution in [-0.4, -0.2) is 42.9 Å². The zero-order valence-corrected chi connectivity index (χ0v) is 10.9. The highest BCUT2D eigenvalue weighted by Gasteiger charge is 2.27. The predicted molar refractivity (Wildman–Crippen MR) is 66.4 cm³/mol. The molecule has 0 aromatic rings. The van der Waals surface area contributed by atoms with Gasteiger partial charge in [-0.3, -0.25) is 5.32 Å². The molecule has 94 valence electrons. The Hall–Kier alpha value is -0.120. The number of rotatable bonds is 3. The Morgan fingerprint density at radius 2 is 2.00 bits per heavy atom. The normalized spacial score (nSPS) is 33.8. The van der Waals surface area contributed by atoms with Crippen molar-refractivity contribution in [2.24, 2.45) is 5.92 Å². The summed E-state index contributed by atoms with van der Waals surface area (Å²) in [5.74, 6) is 0.859. The maximum absolute atomic E-state index is 5.81. The molecular weight excluding hydrogens is 200 g/mol. The lowest BCUT2D eigenvalue weighted by Crippen LogP contribution is -2.39. The van der Waals surface area contributed by atoms with E-state index in [0.717, 1.165) is 12.5 Å². The molecule has 2 aliphatic rings. The molecule has 0 radical (unpaired) electrons. The first-order valence-electron chi connectivity index (χ1n) is 6.78. The van der Waals surface area contributed by atoms with Crippen LogP contribution >= 0.6 is 0 Å². The van der Waals surface area contributed by atoms with Crippen LogP contribution in [0.5, 0.6) is 0 Å². The topological polar surface area (TPSA) is 24.5 Å². The van der Waals surface area contributed by atoms with Gasteiger partial charge in [0.25, 0.3) is 0 Å². The van der Waals surface area contributed by atoms with Gasteiger partial charge in [-0.1, -0.05) is 0 Å². The Labute approximate surface area is 99.5 Å². The molecule has 2 heterocycles. The molecule has 0 aromatic heterocycles. The molecule has 3 heteroatoms. The predicted octanol–water partition coefficient (Wildman–Crippen LogP) is 1.83. The second-order valence-corrected chi connectivity index (χ2v) is 5.65. The molecular formula is C13H26N2O. The van der Waals surface area contributed by atoms with Gasteiger partial charge >= 0.3 is 0 Å². The van der Waals surface area contributed by atoms with E-state index in [4.69, 9.17) is 4.74 Å². The molecule has 2 unspecified atom stereocenters. The van der Waals surface area contributed by atoms with E-state index in [2.05, 4.69) is 31.0 Å². The van der Waals surface area contributed by atoms with Crippen molar-refractivity contribution < 1.29 is 4.74 Å². The summed E-state index contributed by atoms with van der Waals surface area (Å²) < 4.78 is 5.81. The first-order chi connectivity index (χ1) is 7.65. The molecule has 0 amide bonds. The van der Waals surface area contributed by atoms with Crippen LogP contribution in [0.15, 0.2) is 0 Å². The minimum absolute atomic E-state index is 0.325. The summed E-state index contributed by atoms with van der Waals surface area (Å²) in [5.41, 5.74) is 0. The fourth-order valence-corrected chi connectivity index (χ4v) is 2.82. The van der Waals surface area contributed by atoms with E-state index in [0.29, 0.717) is 18.4 Å². The van der Waals surface area contributed by atoms with Gasteiger partial charge < -0.3 is 9.64 Å². The maximum Gasteiger partial charge on any atom is 0.108 e. The number of likely N-dealkylation sites (tertiary alicyclic amines) is 1. The molecule has 16 heavy (non-hydrogen) atoms. The standard InChI is InChI=1S/C13H26N2O/c1-10(2)15-6-4-12(5-7-15)8-13-14-9-11(3)16-13/h10-14H,4-9H2,1-3H3. The van der Waals surface area contributed by atoms with E-state index in [1.807, 2.05) is 0 Å². The monoisotopic (exact) mass is 226 g/mol. The summed E-state index contributed by atoms with van der Waals surface area (Å²) in [6.07, 6.45) is 4.62. The molecule has 2 fully saturated rings. The SMILES string of the molecule is CC1CNC(CC2CCN(C(C)C)CC2)O1. The molecule has 2 saturated heterocycles. The van der Waals surface area contributed by atoms with E-state index < -0.39 is 0 Å². The summed E-state index contributed by atoms with van der Waals surface area (Å²) >= 11 is 0. The van der Waals surface area contributed by atoms with Gasteiger partial charge in [-0.05, 0) is 59.0 Å². The van der Waals surface area contributed by atoms with Crippen LogP contribution in [0.4, 0.5) is 0 Å². The Kier molecular flexibility index (Phi) is 4.22. The molecule has 0 bridgehead atoms. The van der Waals surface area contributed by atoms with Gasteiger partial charge in [0.15, 0.2) is 0 Å². The Morgan fingerprint density at radius 3 is 2.50 bits per heavy atom. The minimum Gasteiger partial charge on any atom is -0.359 e. The average molecular weight is 226 g/mol. The van der Waals surface area contributed by atoms with Crippen molar-refractivity contribution in [2.75, 3.05) is 19.6 Å². The number of hydrogen-bond acceptors (Lipinski definition) is 3. The Balaban J connectivity index is 1.69. The average Bonchev–Trinajstić information content (AvgIpc) is 2.65. The largest absolute Gasteiger partial charge is 0.359 e. The maximum atomic E-state index is 5.81. The van der Waals surface area contributed by atoms with Gasteiger partial charge in [-0.15, -0.1) is 0 Å². The van der Waals surface area contributed by atoms with Crippen LogP contribution < -0.4 is 5.32 Å². The van der Waals surface area contributed by atoms with Crippen molar-refractivity contribution in [3.8, 4) is 0 Å². The van der Waals surface area contributed by atoms with Crippen molar-refractivity contribution in [2.45, 2.75) is 58.4 Å². The minimum atomic E-state index is 0.325. The molecule has 1 N–H and O–H groups in total. The van der Waals surface area contributed by atoms with Crippen LogP contribution in [0.3, 0.4) is 0 Å². The van der Waals surface area contributed by atoms with Crippen LogP contribution in [0.25, 0.3) is 0 Å². The first-order valence-corrected chi connectivity index (χ1v) is 6.78. The molecule has 0 saturated carbocycles. The number of piperidine rings is 1. The van der Waals surface area contributed by atoms with E-state index in [1.165, 1.54) is 32.4 Å². The summed E-state index contributed by atoms with van der Waals surface area (Å²) in [6, 6.07) is 0.710. The van der Waals surface area contributed by atoms with Crippen molar-refractivity contribution in [3.05, 3.63) is 0 Å². The Bertz CT molecular complexity index is 212. The van der Waals surface area contributed by atoms with Gasteiger partial charge in [0.2, 0.25) is 0 Å². The molecule has 2 atom stereocenters. The van der Waals surface area contributed by atoms with Crippen LogP contribution in [0.1, 0.15) is 40.0 Å². The molecule has 0 spiro atoms. The third kappa shape index (κ3) is 3.19. The second kappa shape index (κ2) is 5.48. The number of nitrogens with zero attached hydrogens (tertiary/aromatic N) is 1. The highest BCUT2D eigenvalue weighted by molar-refractivity contribution is 4.78. The summed E-state index contributed by atoms with van der Waals surface area (Å²) in [5, 5.41) is 3.45. The molecule has 2 rings (SSSR count). The smallest absolute Gasteiger partial charge is 0.108 e. The van der Waals surface area contributed by atoms with E-state index in [9.17, 15) is 0 Å². The second-order valence-electron chi connectivity index (χ2n) is 5.65. The van der Waals surface area contributed by atoms with Gasteiger partial charge in [0, 0.05) is 12.6 Å². The highest BCUT2D eigenvalue weighted by Crippen LogP contribution is 2.24. The Morgan fingerprint density at radius 1 is 1.31 bits per heavy atom.